The highest BCUT2D eigenvalue weighted by atomic mass is 35.5. The summed E-state index contributed by atoms with van der Waals surface area (Å²) in [6.07, 6.45) is 4.58. The van der Waals surface area contributed by atoms with Crippen molar-refractivity contribution in [3.05, 3.63) is 112 Å². The zero-order valence-corrected chi connectivity index (χ0v) is 25.6. The predicted octanol–water partition coefficient (Wildman–Crippen LogP) is 4.81. The lowest BCUT2D eigenvalue weighted by molar-refractivity contribution is -0.122. The molecule has 0 saturated carbocycles. The van der Waals surface area contributed by atoms with E-state index in [9.17, 15) is 23.1 Å². The first-order chi connectivity index (χ1) is 21.5. The third-order valence-electron chi connectivity index (χ3n) is 6.11. The highest BCUT2D eigenvalue weighted by molar-refractivity contribution is 8.18. The minimum absolute atomic E-state index is 0.0880. The van der Waals surface area contributed by atoms with E-state index in [2.05, 4.69) is 15.5 Å². The first-order valence-corrected chi connectivity index (χ1v) is 15.8. The number of phenolic OH excluding ortho intramolecular Hbond substituents is 1. The van der Waals surface area contributed by atoms with Crippen LogP contribution >= 0.6 is 23.4 Å². The van der Waals surface area contributed by atoms with Crippen molar-refractivity contribution in [1.29, 1.82) is 0 Å². The molecule has 4 aromatic rings. The Balaban J connectivity index is 1.34. The van der Waals surface area contributed by atoms with E-state index in [1.54, 1.807) is 48.5 Å². The van der Waals surface area contributed by atoms with Crippen LogP contribution in [-0.4, -0.2) is 48.2 Å². The molecule has 0 radical (unpaired) electrons. The van der Waals surface area contributed by atoms with Gasteiger partial charge in [0.2, 0.25) is 10.0 Å². The SMILES string of the molecule is NS(=O)(=O)c1ccc(NC(=O)COc2ccc(Cl)cc2/C=C2\S/C(=N\N=C\c3ccc(O)cc3)N(Cc3ccco3)C2=O)cc1. The van der Waals surface area contributed by atoms with Crippen LogP contribution in [0.5, 0.6) is 11.5 Å². The molecule has 1 saturated heterocycles. The van der Waals surface area contributed by atoms with E-state index in [0.717, 1.165) is 11.8 Å². The maximum atomic E-state index is 13.5. The lowest BCUT2D eigenvalue weighted by Crippen LogP contribution is -2.28. The number of ether oxygens (including phenoxy) is 1. The number of hydrogen-bond acceptors (Lipinski definition) is 10. The van der Waals surface area contributed by atoms with Gasteiger partial charge in [-0.3, -0.25) is 14.5 Å². The molecular formula is C30H24ClN5O7S2. The van der Waals surface area contributed by atoms with Crippen molar-refractivity contribution >= 4 is 68.3 Å². The van der Waals surface area contributed by atoms with Crippen LogP contribution in [0.1, 0.15) is 16.9 Å². The summed E-state index contributed by atoms with van der Waals surface area (Å²) in [5.41, 5.74) is 1.49. The largest absolute Gasteiger partial charge is 0.508 e. The molecular weight excluding hydrogens is 642 g/mol. The van der Waals surface area contributed by atoms with Gasteiger partial charge in [0.15, 0.2) is 11.8 Å². The minimum atomic E-state index is -3.86. The van der Waals surface area contributed by atoms with E-state index < -0.39 is 15.9 Å². The molecule has 0 bridgehead atoms. The van der Waals surface area contributed by atoms with Crippen molar-refractivity contribution in [1.82, 2.24) is 4.90 Å². The fourth-order valence-corrected chi connectivity index (χ4v) is 5.58. The lowest BCUT2D eigenvalue weighted by atomic mass is 10.2. The molecule has 4 N–H and O–H groups in total. The third kappa shape index (κ3) is 8.39. The molecule has 1 aliphatic rings. The zero-order chi connectivity index (χ0) is 32.0. The number of halogens is 1. The topological polar surface area (TPSA) is 177 Å². The first-order valence-electron chi connectivity index (χ1n) is 13.0. The molecule has 15 heteroatoms. The molecule has 1 aromatic heterocycles. The quantitative estimate of drug-likeness (QED) is 0.123. The van der Waals surface area contributed by atoms with E-state index in [1.165, 1.54) is 53.8 Å². The number of carbonyl (C=O) groups excluding carboxylic acids is 2. The van der Waals surface area contributed by atoms with Gasteiger partial charge in [-0.15, -0.1) is 5.10 Å². The fraction of sp³-hybridized carbons (Fsp3) is 0.0667. The maximum absolute atomic E-state index is 13.5. The van der Waals surface area contributed by atoms with Gasteiger partial charge in [0, 0.05) is 16.3 Å². The van der Waals surface area contributed by atoms with Crippen LogP contribution in [0.2, 0.25) is 5.02 Å². The second kappa shape index (κ2) is 13.8. The second-order valence-corrected chi connectivity index (χ2v) is 12.4. The third-order valence-corrected chi connectivity index (χ3v) is 8.27. The number of anilines is 1. The number of carbonyl (C=O) groups is 2. The van der Waals surface area contributed by atoms with E-state index in [4.69, 9.17) is 25.9 Å². The van der Waals surface area contributed by atoms with Crippen molar-refractivity contribution < 1.29 is 32.3 Å². The highest BCUT2D eigenvalue weighted by Gasteiger charge is 2.34. The first kappa shape index (κ1) is 31.5. The Labute approximate surface area is 266 Å². The standard InChI is InChI=1S/C30H24ClN5O7S2/c31-21-5-12-26(43-18-28(38)34-22-6-10-25(11-7-22)45(32,40)41)20(14-21)15-27-29(39)36(17-24-2-1-13-42-24)30(44-27)35-33-16-19-3-8-23(37)9-4-19/h1-16,37H,17-18H2,(H,34,38)(H2,32,40,41)/b27-15-,33-16+,35-30-. The van der Waals surface area contributed by atoms with Gasteiger partial charge >= 0.3 is 0 Å². The summed E-state index contributed by atoms with van der Waals surface area (Å²) in [6, 6.07) is 19.9. The average molecular weight is 666 g/mol. The smallest absolute Gasteiger partial charge is 0.267 e. The number of benzene rings is 3. The van der Waals surface area contributed by atoms with E-state index in [-0.39, 0.29) is 35.5 Å². The van der Waals surface area contributed by atoms with Crippen LogP contribution in [0.15, 0.2) is 110 Å². The number of nitrogens with two attached hydrogens (primary N) is 1. The Morgan fingerprint density at radius 2 is 1.87 bits per heavy atom. The zero-order valence-electron chi connectivity index (χ0n) is 23.2. The summed E-state index contributed by atoms with van der Waals surface area (Å²) in [7, 11) is -3.86. The number of nitrogens with zero attached hydrogens (tertiary/aromatic N) is 3. The van der Waals surface area contributed by atoms with Crippen molar-refractivity contribution in [2.24, 2.45) is 15.3 Å². The number of thioether (sulfide) groups is 1. The minimum Gasteiger partial charge on any atom is -0.508 e. The van der Waals surface area contributed by atoms with Crippen LogP contribution < -0.4 is 15.2 Å². The lowest BCUT2D eigenvalue weighted by Gasteiger charge is -2.13. The summed E-state index contributed by atoms with van der Waals surface area (Å²) in [5, 5.41) is 26.3. The molecule has 5 rings (SSSR count). The Hall–Kier alpha value is -4.89. The van der Waals surface area contributed by atoms with Gasteiger partial charge in [-0.2, -0.15) is 5.10 Å². The van der Waals surface area contributed by atoms with Crippen LogP contribution in [0, 0.1) is 0 Å². The van der Waals surface area contributed by atoms with E-state index in [1.807, 2.05) is 0 Å². The van der Waals surface area contributed by atoms with E-state index >= 15 is 0 Å². The van der Waals surface area contributed by atoms with Crippen molar-refractivity contribution in [2.75, 3.05) is 11.9 Å². The highest BCUT2D eigenvalue weighted by Crippen LogP contribution is 2.36. The number of hydrogen-bond donors (Lipinski definition) is 3. The number of sulfonamides is 1. The summed E-state index contributed by atoms with van der Waals surface area (Å²) in [6.45, 7) is -0.278. The molecule has 45 heavy (non-hydrogen) atoms. The Morgan fingerprint density at radius 3 is 2.56 bits per heavy atom. The molecule has 0 atom stereocenters. The van der Waals surface area contributed by atoms with Gasteiger partial charge in [0.25, 0.3) is 11.8 Å². The summed E-state index contributed by atoms with van der Waals surface area (Å²) in [5.74, 6) is 0.0770. The van der Waals surface area contributed by atoms with Crippen molar-refractivity contribution in [3.63, 3.8) is 0 Å². The molecule has 1 fully saturated rings. The molecule has 0 spiro atoms. The molecule has 0 aliphatic carbocycles. The van der Waals surface area contributed by atoms with Gasteiger partial charge in [0.05, 0.1) is 28.8 Å². The number of primary sulfonamides is 1. The van der Waals surface area contributed by atoms with E-state index in [0.29, 0.717) is 37.7 Å². The Kier molecular flexibility index (Phi) is 9.68. The van der Waals surface area contributed by atoms with Gasteiger partial charge in [-0.25, -0.2) is 13.6 Å². The second-order valence-electron chi connectivity index (χ2n) is 9.39. The number of aromatic hydroxyl groups is 1. The normalized spacial score (nSPS) is 15.3. The monoisotopic (exact) mass is 665 g/mol. The number of nitrogens with one attached hydrogen (secondary N) is 1. The van der Waals surface area contributed by atoms with Crippen LogP contribution in [-0.2, 0) is 26.2 Å². The molecule has 230 valence electrons. The number of amidine groups is 1. The molecule has 3 aromatic carbocycles. The molecule has 2 amide bonds. The molecule has 2 heterocycles. The fourth-order valence-electron chi connectivity index (χ4n) is 3.96. The van der Waals surface area contributed by atoms with Crippen molar-refractivity contribution in [2.45, 2.75) is 11.4 Å². The van der Waals surface area contributed by atoms with Crippen molar-refractivity contribution in [3.8, 4) is 11.5 Å². The molecule has 1 aliphatic heterocycles. The summed E-state index contributed by atoms with van der Waals surface area (Å²) in [4.78, 5) is 27.7. The Bertz CT molecular complexity index is 1910. The van der Waals surface area contributed by atoms with Gasteiger partial charge in [-0.05, 0) is 102 Å². The predicted molar refractivity (Wildman–Crippen MR) is 171 cm³/mol. The Morgan fingerprint density at radius 1 is 1.11 bits per heavy atom. The van der Waals surface area contributed by atoms with Gasteiger partial charge in [0.1, 0.15) is 17.3 Å². The van der Waals surface area contributed by atoms with Gasteiger partial charge < -0.3 is 19.6 Å². The van der Waals surface area contributed by atoms with Crippen LogP contribution in [0.25, 0.3) is 6.08 Å². The number of furan rings is 1. The molecule has 0 unspecified atom stereocenters. The van der Waals surface area contributed by atoms with Gasteiger partial charge in [-0.1, -0.05) is 11.6 Å². The summed E-state index contributed by atoms with van der Waals surface area (Å²) >= 11 is 7.34. The average Bonchev–Trinajstić information content (AvgIpc) is 3.62. The molecule has 12 nitrogen and oxygen atoms in total. The van der Waals surface area contributed by atoms with Crippen LogP contribution in [0.3, 0.4) is 0 Å². The van der Waals surface area contributed by atoms with Crippen LogP contribution in [0.4, 0.5) is 5.69 Å². The summed E-state index contributed by atoms with van der Waals surface area (Å²) < 4.78 is 34.1. The number of rotatable bonds is 10. The number of amides is 2. The maximum Gasteiger partial charge on any atom is 0.267 e. The number of phenols is 1.